The second kappa shape index (κ2) is 9.42. The molecular weight excluding hydrogens is 264 g/mol. The van der Waals surface area contributed by atoms with Gasteiger partial charge in [-0.2, -0.15) is 0 Å². The normalized spacial score (nSPS) is 20.2. The van der Waals surface area contributed by atoms with Crippen molar-refractivity contribution in [1.82, 2.24) is 10.2 Å². The molecule has 1 unspecified atom stereocenters. The van der Waals surface area contributed by atoms with Gasteiger partial charge in [0, 0.05) is 0 Å². The molecule has 21 heavy (non-hydrogen) atoms. The minimum absolute atomic E-state index is 0.106. The standard InChI is InChI=1S/C17H34N2O2/c1-5-11-18-17(4,16(20)21-6-2)10-7-12-19-13-8-15(3)9-14-19/h15,18H,5-14H2,1-4H3. The summed E-state index contributed by atoms with van der Waals surface area (Å²) in [6, 6.07) is 0. The fraction of sp³-hybridized carbons (Fsp3) is 0.941. The molecule has 0 aromatic carbocycles. The first-order chi connectivity index (χ1) is 10.0. The van der Waals surface area contributed by atoms with Gasteiger partial charge in [0.25, 0.3) is 0 Å². The Bertz CT molecular complexity index is 301. The number of rotatable bonds is 9. The van der Waals surface area contributed by atoms with Gasteiger partial charge in [-0.15, -0.1) is 0 Å². The first-order valence-corrected chi connectivity index (χ1v) is 8.66. The maximum Gasteiger partial charge on any atom is 0.326 e. The quantitative estimate of drug-likeness (QED) is 0.665. The number of piperidine rings is 1. The summed E-state index contributed by atoms with van der Waals surface area (Å²) in [5, 5.41) is 3.38. The Morgan fingerprint density at radius 1 is 1.33 bits per heavy atom. The Hall–Kier alpha value is -0.610. The van der Waals surface area contributed by atoms with E-state index in [4.69, 9.17) is 4.74 Å². The van der Waals surface area contributed by atoms with Crippen LogP contribution in [0.3, 0.4) is 0 Å². The van der Waals surface area contributed by atoms with Gasteiger partial charge in [-0.05, 0) is 78.0 Å². The number of esters is 1. The second-order valence-electron chi connectivity index (χ2n) is 6.61. The summed E-state index contributed by atoms with van der Waals surface area (Å²) in [5.74, 6) is 0.767. The SMILES string of the molecule is CCCNC(C)(CCCN1CCC(C)CC1)C(=O)OCC. The molecule has 1 atom stereocenters. The van der Waals surface area contributed by atoms with Crippen LogP contribution in [0.5, 0.6) is 0 Å². The van der Waals surface area contributed by atoms with Crippen LogP contribution < -0.4 is 5.32 Å². The van der Waals surface area contributed by atoms with Crippen LogP contribution in [0.25, 0.3) is 0 Å². The van der Waals surface area contributed by atoms with Crippen molar-refractivity contribution in [3.05, 3.63) is 0 Å². The number of nitrogens with one attached hydrogen (secondary N) is 1. The lowest BCUT2D eigenvalue weighted by atomic mass is 9.94. The number of hydrogen-bond donors (Lipinski definition) is 1. The molecule has 1 N–H and O–H groups in total. The lowest BCUT2D eigenvalue weighted by Gasteiger charge is -2.32. The number of carbonyl (C=O) groups excluding carboxylic acids is 1. The number of carbonyl (C=O) groups is 1. The summed E-state index contributed by atoms with van der Waals surface area (Å²) in [6.45, 7) is 13.1. The zero-order valence-corrected chi connectivity index (χ0v) is 14.4. The largest absolute Gasteiger partial charge is 0.465 e. The van der Waals surface area contributed by atoms with Gasteiger partial charge in [0.05, 0.1) is 6.61 Å². The van der Waals surface area contributed by atoms with Crippen LogP contribution in [-0.2, 0) is 9.53 Å². The zero-order chi connectivity index (χ0) is 15.7. The molecule has 0 aromatic rings. The Morgan fingerprint density at radius 3 is 2.57 bits per heavy atom. The smallest absolute Gasteiger partial charge is 0.326 e. The van der Waals surface area contributed by atoms with E-state index in [1.54, 1.807) is 0 Å². The molecule has 0 saturated carbocycles. The fourth-order valence-corrected chi connectivity index (χ4v) is 2.90. The molecule has 0 amide bonds. The van der Waals surface area contributed by atoms with Gasteiger partial charge in [-0.1, -0.05) is 13.8 Å². The third kappa shape index (κ3) is 6.35. The molecule has 1 heterocycles. The molecule has 124 valence electrons. The Balaban J connectivity index is 2.39. The molecule has 1 saturated heterocycles. The van der Waals surface area contributed by atoms with E-state index in [0.717, 1.165) is 38.3 Å². The van der Waals surface area contributed by atoms with Crippen molar-refractivity contribution in [3.8, 4) is 0 Å². The molecule has 1 rings (SSSR count). The molecule has 0 bridgehead atoms. The monoisotopic (exact) mass is 298 g/mol. The van der Waals surface area contributed by atoms with Crippen LogP contribution in [0, 0.1) is 5.92 Å². The highest BCUT2D eigenvalue weighted by molar-refractivity contribution is 5.80. The van der Waals surface area contributed by atoms with E-state index in [1.165, 1.54) is 25.9 Å². The van der Waals surface area contributed by atoms with Gasteiger partial charge in [0.1, 0.15) is 5.54 Å². The fourth-order valence-electron chi connectivity index (χ4n) is 2.90. The van der Waals surface area contributed by atoms with Gasteiger partial charge in [-0.3, -0.25) is 4.79 Å². The highest BCUT2D eigenvalue weighted by Crippen LogP contribution is 2.19. The summed E-state index contributed by atoms with van der Waals surface area (Å²) in [6.07, 6.45) is 5.53. The zero-order valence-electron chi connectivity index (χ0n) is 14.4. The van der Waals surface area contributed by atoms with Gasteiger partial charge >= 0.3 is 5.97 Å². The van der Waals surface area contributed by atoms with Crippen molar-refractivity contribution in [2.75, 3.05) is 32.8 Å². The van der Waals surface area contributed by atoms with E-state index >= 15 is 0 Å². The van der Waals surface area contributed by atoms with Crippen molar-refractivity contribution in [3.63, 3.8) is 0 Å². The molecule has 0 spiro atoms. The molecule has 1 aliphatic heterocycles. The lowest BCUT2D eigenvalue weighted by molar-refractivity contribution is -0.150. The third-order valence-corrected chi connectivity index (χ3v) is 4.52. The van der Waals surface area contributed by atoms with Crippen molar-refractivity contribution >= 4 is 5.97 Å². The summed E-state index contributed by atoms with van der Waals surface area (Å²) in [7, 11) is 0. The minimum Gasteiger partial charge on any atom is -0.465 e. The van der Waals surface area contributed by atoms with E-state index in [0.29, 0.717) is 6.61 Å². The molecule has 1 aliphatic rings. The summed E-state index contributed by atoms with van der Waals surface area (Å²) in [4.78, 5) is 14.7. The van der Waals surface area contributed by atoms with Crippen molar-refractivity contribution < 1.29 is 9.53 Å². The Kier molecular flexibility index (Phi) is 8.27. The van der Waals surface area contributed by atoms with Crippen molar-refractivity contribution in [2.24, 2.45) is 5.92 Å². The summed E-state index contributed by atoms with van der Waals surface area (Å²) < 4.78 is 5.25. The van der Waals surface area contributed by atoms with Crippen LogP contribution >= 0.6 is 0 Å². The predicted octanol–water partition coefficient (Wildman–Crippen LogP) is 2.82. The van der Waals surface area contributed by atoms with E-state index in [9.17, 15) is 4.79 Å². The van der Waals surface area contributed by atoms with E-state index < -0.39 is 5.54 Å². The van der Waals surface area contributed by atoms with Crippen LogP contribution in [0.15, 0.2) is 0 Å². The van der Waals surface area contributed by atoms with E-state index in [2.05, 4.69) is 24.1 Å². The van der Waals surface area contributed by atoms with Gasteiger partial charge in [-0.25, -0.2) is 0 Å². The lowest BCUT2D eigenvalue weighted by Crippen LogP contribution is -2.51. The summed E-state index contributed by atoms with van der Waals surface area (Å²) >= 11 is 0. The highest BCUT2D eigenvalue weighted by atomic mass is 16.5. The maximum absolute atomic E-state index is 12.2. The molecule has 0 aliphatic carbocycles. The first-order valence-electron chi connectivity index (χ1n) is 8.66. The predicted molar refractivity (Wildman–Crippen MR) is 87.4 cm³/mol. The van der Waals surface area contributed by atoms with Crippen LogP contribution in [0.2, 0.25) is 0 Å². The van der Waals surface area contributed by atoms with E-state index in [1.807, 2.05) is 13.8 Å². The van der Waals surface area contributed by atoms with Gasteiger partial charge in [0.2, 0.25) is 0 Å². The Morgan fingerprint density at radius 2 is 2.00 bits per heavy atom. The van der Waals surface area contributed by atoms with E-state index in [-0.39, 0.29) is 5.97 Å². The van der Waals surface area contributed by atoms with Crippen LogP contribution in [0.1, 0.15) is 59.8 Å². The summed E-state index contributed by atoms with van der Waals surface area (Å²) in [5.41, 5.74) is -0.533. The van der Waals surface area contributed by atoms with Gasteiger partial charge < -0.3 is 15.0 Å². The van der Waals surface area contributed by atoms with Gasteiger partial charge in [0.15, 0.2) is 0 Å². The van der Waals surface area contributed by atoms with Crippen LogP contribution in [0.4, 0.5) is 0 Å². The topological polar surface area (TPSA) is 41.6 Å². The molecule has 0 aromatic heterocycles. The maximum atomic E-state index is 12.2. The Labute approximate surface area is 130 Å². The van der Waals surface area contributed by atoms with Crippen molar-refractivity contribution in [2.45, 2.75) is 65.3 Å². The average molecular weight is 298 g/mol. The number of hydrogen-bond acceptors (Lipinski definition) is 4. The molecule has 1 fully saturated rings. The molecular formula is C17H34N2O2. The van der Waals surface area contributed by atoms with Crippen LogP contribution in [-0.4, -0.2) is 49.2 Å². The third-order valence-electron chi connectivity index (χ3n) is 4.52. The van der Waals surface area contributed by atoms with Crippen molar-refractivity contribution in [1.29, 1.82) is 0 Å². The first kappa shape index (κ1) is 18.4. The highest BCUT2D eigenvalue weighted by Gasteiger charge is 2.33. The molecule has 0 radical (unpaired) electrons. The molecule has 4 heteroatoms. The minimum atomic E-state index is -0.533. The number of likely N-dealkylation sites (tertiary alicyclic amines) is 1. The molecule has 4 nitrogen and oxygen atoms in total. The number of nitrogens with zero attached hydrogens (tertiary/aromatic N) is 1. The number of ether oxygens (including phenoxy) is 1. The average Bonchev–Trinajstić information content (AvgIpc) is 2.47. The second-order valence-corrected chi connectivity index (χ2v) is 6.61.